The Bertz CT molecular complexity index is 675. The van der Waals surface area contributed by atoms with Gasteiger partial charge in [-0.3, -0.25) is 4.79 Å². The van der Waals surface area contributed by atoms with E-state index in [1.165, 1.54) is 0 Å². The highest BCUT2D eigenvalue weighted by Gasteiger charge is 2.56. The van der Waals surface area contributed by atoms with Crippen molar-refractivity contribution >= 4 is 5.97 Å². The Balaban J connectivity index is 2.15. The molecule has 2 aliphatic rings. The summed E-state index contributed by atoms with van der Waals surface area (Å²) in [6, 6.07) is 5.80. The number of rotatable bonds is 2. The zero-order valence-corrected chi connectivity index (χ0v) is 15.0. The Morgan fingerprint density at radius 2 is 1.92 bits per heavy atom. The van der Waals surface area contributed by atoms with E-state index in [1.807, 2.05) is 25.1 Å². The lowest BCUT2D eigenvalue weighted by Gasteiger charge is -2.54. The average molecular weight is 332 g/mol. The molecule has 1 saturated carbocycles. The van der Waals surface area contributed by atoms with Crippen molar-refractivity contribution in [3.8, 4) is 0 Å². The second-order valence-electron chi connectivity index (χ2n) is 8.66. The fourth-order valence-electron chi connectivity index (χ4n) is 5.06. The highest BCUT2D eigenvalue weighted by atomic mass is 16.4. The first kappa shape index (κ1) is 17.4. The lowest BCUT2D eigenvalue weighted by Crippen LogP contribution is -2.53. The standard InChI is InChI=1S/C20H28O4/c1-18(2,24)12-6-7-14-13(10-12)15(21)11-16-19(14,3)8-5-9-20(16,4)17(22)23/h6-7,10,15-16,21,24H,5,8-9,11H2,1-4H3,(H,22,23)/t15-,16+,19-,20-/m1/s1. The molecular weight excluding hydrogens is 304 g/mol. The molecule has 0 amide bonds. The van der Waals surface area contributed by atoms with Crippen LogP contribution in [0.1, 0.15) is 76.2 Å². The first-order valence-electron chi connectivity index (χ1n) is 8.79. The summed E-state index contributed by atoms with van der Waals surface area (Å²) in [6.07, 6.45) is 2.24. The van der Waals surface area contributed by atoms with Gasteiger partial charge in [-0.25, -0.2) is 0 Å². The van der Waals surface area contributed by atoms with E-state index in [1.54, 1.807) is 13.8 Å². The number of hydrogen-bond donors (Lipinski definition) is 3. The van der Waals surface area contributed by atoms with Crippen molar-refractivity contribution in [1.29, 1.82) is 0 Å². The predicted molar refractivity (Wildman–Crippen MR) is 91.7 cm³/mol. The van der Waals surface area contributed by atoms with Crippen molar-refractivity contribution in [3.63, 3.8) is 0 Å². The van der Waals surface area contributed by atoms with Gasteiger partial charge >= 0.3 is 5.97 Å². The Morgan fingerprint density at radius 3 is 2.50 bits per heavy atom. The third-order valence-corrected chi connectivity index (χ3v) is 6.61. The van der Waals surface area contributed by atoms with Crippen LogP contribution >= 0.6 is 0 Å². The molecule has 24 heavy (non-hydrogen) atoms. The van der Waals surface area contributed by atoms with Gasteiger partial charge in [-0.1, -0.05) is 31.5 Å². The largest absolute Gasteiger partial charge is 0.481 e. The second-order valence-corrected chi connectivity index (χ2v) is 8.66. The van der Waals surface area contributed by atoms with Gasteiger partial charge < -0.3 is 15.3 Å². The van der Waals surface area contributed by atoms with Gasteiger partial charge in [0.05, 0.1) is 17.1 Å². The minimum atomic E-state index is -0.964. The third kappa shape index (κ3) is 2.39. The molecule has 0 unspecified atom stereocenters. The summed E-state index contributed by atoms with van der Waals surface area (Å²) in [6.45, 7) is 7.44. The van der Waals surface area contributed by atoms with Crippen molar-refractivity contribution in [3.05, 3.63) is 34.9 Å². The molecule has 1 fully saturated rings. The molecule has 0 heterocycles. The van der Waals surface area contributed by atoms with Crippen LogP contribution in [0.3, 0.4) is 0 Å². The molecule has 4 heteroatoms. The van der Waals surface area contributed by atoms with Crippen LogP contribution in [0.5, 0.6) is 0 Å². The molecule has 0 saturated heterocycles. The van der Waals surface area contributed by atoms with Gasteiger partial charge in [0, 0.05) is 0 Å². The van der Waals surface area contributed by atoms with E-state index in [0.717, 1.165) is 29.5 Å². The lowest BCUT2D eigenvalue weighted by molar-refractivity contribution is -0.159. The van der Waals surface area contributed by atoms with Crippen LogP contribution in [-0.4, -0.2) is 21.3 Å². The second kappa shape index (κ2) is 5.30. The molecular formula is C20H28O4. The van der Waals surface area contributed by atoms with E-state index in [-0.39, 0.29) is 11.3 Å². The zero-order valence-electron chi connectivity index (χ0n) is 15.0. The van der Waals surface area contributed by atoms with E-state index in [9.17, 15) is 20.1 Å². The van der Waals surface area contributed by atoms with Crippen LogP contribution in [0.2, 0.25) is 0 Å². The summed E-state index contributed by atoms with van der Waals surface area (Å²) in [7, 11) is 0. The molecule has 0 bridgehead atoms. The summed E-state index contributed by atoms with van der Waals surface area (Å²) in [5.74, 6) is -0.853. The van der Waals surface area contributed by atoms with Crippen molar-refractivity contribution in [2.24, 2.45) is 11.3 Å². The number of aliphatic hydroxyl groups is 2. The Labute approximate surface area is 143 Å². The van der Waals surface area contributed by atoms with Crippen LogP contribution in [0.4, 0.5) is 0 Å². The van der Waals surface area contributed by atoms with Crippen LogP contribution in [0, 0.1) is 11.3 Å². The Morgan fingerprint density at radius 1 is 1.25 bits per heavy atom. The monoisotopic (exact) mass is 332 g/mol. The molecule has 0 aromatic heterocycles. The number of benzene rings is 1. The summed E-state index contributed by atoms with van der Waals surface area (Å²) >= 11 is 0. The molecule has 0 spiro atoms. The van der Waals surface area contributed by atoms with Gasteiger partial charge in [0.1, 0.15) is 0 Å². The van der Waals surface area contributed by atoms with Gasteiger partial charge in [-0.05, 0) is 68.1 Å². The number of carbonyl (C=O) groups is 1. The summed E-state index contributed by atoms with van der Waals surface area (Å²) in [5, 5.41) is 30.8. The van der Waals surface area contributed by atoms with Crippen molar-refractivity contribution in [1.82, 2.24) is 0 Å². The number of carboxylic acid groups (broad SMARTS) is 1. The quantitative estimate of drug-likeness (QED) is 0.774. The first-order valence-corrected chi connectivity index (χ1v) is 8.79. The smallest absolute Gasteiger partial charge is 0.309 e. The molecule has 132 valence electrons. The van der Waals surface area contributed by atoms with Gasteiger partial charge in [0.25, 0.3) is 0 Å². The van der Waals surface area contributed by atoms with Crippen LogP contribution < -0.4 is 0 Å². The average Bonchev–Trinajstić information content (AvgIpc) is 2.48. The maximum Gasteiger partial charge on any atom is 0.309 e. The van der Waals surface area contributed by atoms with Gasteiger partial charge in [0.15, 0.2) is 0 Å². The SMILES string of the molecule is CC(C)(O)c1ccc2c(c1)[C@H](O)C[C@@H]1[C@](C)(C(=O)O)CCC[C@]21C. The van der Waals surface area contributed by atoms with E-state index in [2.05, 4.69) is 6.92 Å². The molecule has 1 aromatic rings. The normalized spacial score (nSPS) is 35.9. The van der Waals surface area contributed by atoms with E-state index >= 15 is 0 Å². The van der Waals surface area contributed by atoms with Crippen LogP contribution in [0.25, 0.3) is 0 Å². The van der Waals surface area contributed by atoms with Gasteiger partial charge in [-0.2, -0.15) is 0 Å². The molecule has 4 nitrogen and oxygen atoms in total. The fraction of sp³-hybridized carbons (Fsp3) is 0.650. The molecule has 0 aliphatic heterocycles. The third-order valence-electron chi connectivity index (χ3n) is 6.61. The van der Waals surface area contributed by atoms with Crippen molar-refractivity contribution in [2.45, 2.75) is 70.5 Å². The molecule has 1 aromatic carbocycles. The topological polar surface area (TPSA) is 77.8 Å². The Kier molecular flexibility index (Phi) is 3.85. The minimum Gasteiger partial charge on any atom is -0.481 e. The molecule has 4 atom stereocenters. The number of hydrogen-bond acceptors (Lipinski definition) is 3. The summed E-state index contributed by atoms with van der Waals surface area (Å²) in [4.78, 5) is 12.0. The van der Waals surface area contributed by atoms with E-state index in [4.69, 9.17) is 0 Å². The number of aliphatic carboxylic acids is 1. The molecule has 2 aliphatic carbocycles. The molecule has 0 radical (unpaired) electrons. The molecule has 3 rings (SSSR count). The van der Waals surface area contributed by atoms with Crippen molar-refractivity contribution < 1.29 is 20.1 Å². The van der Waals surface area contributed by atoms with Crippen LogP contribution in [0.15, 0.2) is 18.2 Å². The number of carboxylic acids is 1. The van der Waals surface area contributed by atoms with Gasteiger partial charge in [0.2, 0.25) is 0 Å². The lowest BCUT2D eigenvalue weighted by atomic mass is 9.49. The zero-order chi connectivity index (χ0) is 17.9. The minimum absolute atomic E-state index is 0.0910. The number of aliphatic hydroxyl groups excluding tert-OH is 1. The predicted octanol–water partition coefficient (Wildman–Crippen LogP) is 3.50. The van der Waals surface area contributed by atoms with Crippen LogP contribution in [-0.2, 0) is 15.8 Å². The van der Waals surface area contributed by atoms with Crippen molar-refractivity contribution in [2.75, 3.05) is 0 Å². The summed E-state index contributed by atoms with van der Waals surface area (Å²) < 4.78 is 0. The maximum atomic E-state index is 12.0. The van der Waals surface area contributed by atoms with Gasteiger partial charge in [-0.15, -0.1) is 0 Å². The molecule has 3 N–H and O–H groups in total. The summed E-state index contributed by atoms with van der Waals surface area (Å²) in [5.41, 5.74) is 0.654. The number of fused-ring (bicyclic) bond motifs is 3. The fourth-order valence-corrected chi connectivity index (χ4v) is 5.06. The first-order chi connectivity index (χ1) is 11.0. The highest BCUT2D eigenvalue weighted by Crippen LogP contribution is 2.59. The van der Waals surface area contributed by atoms with E-state index in [0.29, 0.717) is 12.8 Å². The maximum absolute atomic E-state index is 12.0. The highest BCUT2D eigenvalue weighted by molar-refractivity contribution is 5.75. The van der Waals surface area contributed by atoms with E-state index < -0.39 is 23.1 Å². The Hall–Kier alpha value is -1.39.